The van der Waals surface area contributed by atoms with Crippen LogP contribution >= 0.6 is 39.7 Å². The van der Waals surface area contributed by atoms with Gasteiger partial charge in [0.2, 0.25) is 0 Å². The highest BCUT2D eigenvalue weighted by molar-refractivity contribution is 9.13. The van der Waals surface area contributed by atoms with Gasteiger partial charge in [0.15, 0.2) is 0 Å². The second-order valence-electron chi connectivity index (χ2n) is 4.76. The Hall–Kier alpha value is 0.700. The topological polar surface area (TPSA) is 0 Å². The van der Waals surface area contributed by atoms with Crippen molar-refractivity contribution in [3.05, 3.63) is 29.8 Å². The fraction of sp³-hybridized carbons (Fsp3) is 0.500. The highest BCUT2D eigenvalue weighted by Crippen LogP contribution is 2.75. The zero-order chi connectivity index (χ0) is 11.6. The lowest BCUT2D eigenvalue weighted by atomic mass is 9.87. The van der Waals surface area contributed by atoms with Gasteiger partial charge in [-0.15, -0.1) is 22.8 Å². The Balaban J connectivity index is 2.01. The van der Waals surface area contributed by atoms with Gasteiger partial charge in [-0.1, -0.05) is 44.3 Å². The second kappa shape index (κ2) is 5.56. The smallest absolute Gasteiger partial charge is 0.0778 e. The summed E-state index contributed by atoms with van der Waals surface area (Å²) in [6.07, 6.45) is 0. The molecule has 1 aromatic rings. The third kappa shape index (κ3) is 3.60. The van der Waals surface area contributed by atoms with Crippen LogP contribution in [-0.2, 0) is 5.41 Å². The van der Waals surface area contributed by atoms with E-state index in [-0.39, 0.29) is 10.9 Å². The lowest BCUT2D eigenvalue weighted by molar-refractivity contribution is 0.590. The van der Waals surface area contributed by atoms with E-state index in [1.165, 1.54) is 22.0 Å². The summed E-state index contributed by atoms with van der Waals surface area (Å²) in [7, 11) is 0. The summed E-state index contributed by atoms with van der Waals surface area (Å²) in [5.74, 6) is 2.67. The molecule has 0 amide bonds. The molecule has 0 unspecified atom stereocenters. The lowest BCUT2D eigenvalue weighted by Gasteiger charge is -2.19. The summed E-state index contributed by atoms with van der Waals surface area (Å²) >= 11 is 6.34. The van der Waals surface area contributed by atoms with Gasteiger partial charge in [0.05, 0.1) is 5.53 Å². The molecule has 1 aromatic carbocycles. The van der Waals surface area contributed by atoms with Crippen molar-refractivity contribution in [1.82, 2.24) is 0 Å². The minimum absolute atomic E-state index is 0.0909. The van der Waals surface area contributed by atoms with Crippen molar-refractivity contribution in [2.45, 2.75) is 31.1 Å². The van der Waals surface area contributed by atoms with Crippen LogP contribution in [0.2, 0.25) is 0 Å². The third-order valence-corrected chi connectivity index (χ3v) is 13.0. The monoisotopic (exact) mass is 288 g/mol. The predicted molar refractivity (Wildman–Crippen MR) is 82.8 cm³/mol. The molecule has 1 aliphatic heterocycles. The van der Waals surface area contributed by atoms with Crippen LogP contribution in [-0.4, -0.2) is 11.5 Å². The molecule has 0 aromatic heterocycles. The van der Waals surface area contributed by atoms with Gasteiger partial charge in [-0.2, -0.15) is 0 Å². The first-order valence-electron chi connectivity index (χ1n) is 5.40. The highest BCUT2D eigenvalue weighted by Gasteiger charge is 2.18. The zero-order valence-electron chi connectivity index (χ0n) is 9.90. The number of hydrogen-bond acceptors (Lipinski definition) is 3. The van der Waals surface area contributed by atoms with Crippen molar-refractivity contribution in [2.24, 2.45) is 0 Å². The maximum Gasteiger partial charge on any atom is 0.0778 e. The third-order valence-electron chi connectivity index (χ3n) is 2.38. The van der Waals surface area contributed by atoms with E-state index in [2.05, 4.69) is 79.2 Å². The van der Waals surface area contributed by atoms with E-state index in [1.54, 1.807) is 0 Å². The van der Waals surface area contributed by atoms with Gasteiger partial charge in [-0.25, -0.2) is 0 Å². The molecule has 88 valence electrons. The molecule has 0 aliphatic carbocycles. The van der Waals surface area contributed by atoms with Crippen molar-refractivity contribution in [3.8, 4) is 0 Å². The van der Waals surface area contributed by atoms with Crippen LogP contribution in [0.1, 0.15) is 26.3 Å². The van der Waals surface area contributed by atoms with Gasteiger partial charge >= 0.3 is 0 Å². The Morgan fingerprint density at radius 2 is 1.62 bits per heavy atom. The van der Waals surface area contributed by atoms with Crippen LogP contribution < -0.4 is 0 Å². The van der Waals surface area contributed by atoms with Crippen molar-refractivity contribution in [1.29, 1.82) is 0 Å². The van der Waals surface area contributed by atoms with E-state index in [1.807, 2.05) is 0 Å². The first-order valence-corrected chi connectivity index (χ1v) is 11.3. The quantitative estimate of drug-likeness (QED) is 0.633. The standard InChI is InChI=1S/C12H17PS3/c1-12(2,3)10-4-6-11(7-5-10)16-13-14-8-9-15-13/h4-7H,8-9H2,1-3H3. The largest absolute Gasteiger partial charge is 0.111 e. The fourth-order valence-electron chi connectivity index (χ4n) is 1.42. The van der Waals surface area contributed by atoms with Crippen LogP contribution in [0, 0.1) is 0 Å². The molecule has 0 N–H and O–H groups in total. The Bertz CT molecular complexity index is 336. The van der Waals surface area contributed by atoms with Crippen molar-refractivity contribution >= 4 is 39.7 Å². The van der Waals surface area contributed by atoms with Crippen LogP contribution in [0.25, 0.3) is 0 Å². The first-order chi connectivity index (χ1) is 7.55. The molecule has 0 saturated carbocycles. The van der Waals surface area contributed by atoms with Crippen LogP contribution in [0.15, 0.2) is 29.2 Å². The number of rotatable bonds is 2. The molecular formula is C12H17PS3. The van der Waals surface area contributed by atoms with Gasteiger partial charge in [-0.05, 0) is 23.1 Å². The van der Waals surface area contributed by atoms with E-state index in [0.717, 1.165) is 0 Å². The summed E-state index contributed by atoms with van der Waals surface area (Å²) in [5.41, 5.74) is 1.79. The van der Waals surface area contributed by atoms with Gasteiger partial charge in [0, 0.05) is 16.4 Å². The second-order valence-corrected chi connectivity index (χ2v) is 14.7. The van der Waals surface area contributed by atoms with Crippen LogP contribution in [0.4, 0.5) is 0 Å². The SMILES string of the molecule is CC(C)(C)c1ccc(SP2SCCS2)cc1. The summed E-state index contributed by atoms with van der Waals surface area (Å²) in [5, 5.41) is 0. The number of hydrogen-bond donors (Lipinski definition) is 0. The van der Waals surface area contributed by atoms with E-state index < -0.39 is 0 Å². The average Bonchev–Trinajstić information content (AvgIpc) is 2.70. The van der Waals surface area contributed by atoms with Gasteiger partial charge < -0.3 is 0 Å². The Labute approximate surface area is 112 Å². The van der Waals surface area contributed by atoms with Crippen LogP contribution in [0.3, 0.4) is 0 Å². The molecule has 0 spiro atoms. The molecule has 0 bridgehead atoms. The molecule has 1 aliphatic rings. The normalized spacial score (nSPS) is 17.9. The molecule has 4 heteroatoms. The Morgan fingerprint density at radius 1 is 1.06 bits per heavy atom. The molecule has 0 nitrogen and oxygen atoms in total. The summed E-state index contributed by atoms with van der Waals surface area (Å²) in [6.45, 7) is 6.80. The molecule has 1 saturated heterocycles. The molecule has 16 heavy (non-hydrogen) atoms. The van der Waals surface area contributed by atoms with E-state index >= 15 is 0 Å². The predicted octanol–water partition coefficient (Wildman–Crippen LogP) is 5.78. The molecule has 2 rings (SSSR count). The Kier molecular flexibility index (Phi) is 4.57. The molecular weight excluding hydrogens is 271 g/mol. The maximum atomic E-state index is 2.28. The average molecular weight is 288 g/mol. The Morgan fingerprint density at radius 3 is 2.12 bits per heavy atom. The molecule has 0 radical (unpaired) electrons. The fourth-order valence-corrected chi connectivity index (χ4v) is 12.4. The van der Waals surface area contributed by atoms with Crippen LogP contribution in [0.5, 0.6) is 0 Å². The number of benzene rings is 1. The van der Waals surface area contributed by atoms with Gasteiger partial charge in [0.1, 0.15) is 0 Å². The maximum absolute atomic E-state index is 2.28. The highest BCUT2D eigenvalue weighted by atomic mass is 33.4. The van der Waals surface area contributed by atoms with Crippen molar-refractivity contribution in [3.63, 3.8) is 0 Å². The summed E-state index contributed by atoms with van der Waals surface area (Å²) in [4.78, 5) is 1.43. The molecule has 0 atom stereocenters. The molecule has 1 fully saturated rings. The van der Waals surface area contributed by atoms with Crippen molar-refractivity contribution < 1.29 is 0 Å². The summed E-state index contributed by atoms with van der Waals surface area (Å²) < 4.78 is 0. The first kappa shape index (κ1) is 13.1. The van der Waals surface area contributed by atoms with Crippen molar-refractivity contribution in [2.75, 3.05) is 11.5 Å². The van der Waals surface area contributed by atoms with Gasteiger partial charge in [0.25, 0.3) is 0 Å². The lowest BCUT2D eigenvalue weighted by Crippen LogP contribution is -2.10. The van der Waals surface area contributed by atoms with Gasteiger partial charge in [-0.3, -0.25) is 0 Å². The minimum atomic E-state index is 0.0909. The minimum Gasteiger partial charge on any atom is -0.111 e. The molecule has 1 heterocycles. The van der Waals surface area contributed by atoms with E-state index in [9.17, 15) is 0 Å². The van der Waals surface area contributed by atoms with E-state index in [4.69, 9.17) is 0 Å². The summed E-state index contributed by atoms with van der Waals surface area (Å²) in [6, 6.07) is 9.13. The van der Waals surface area contributed by atoms with E-state index in [0.29, 0.717) is 0 Å². The zero-order valence-corrected chi connectivity index (χ0v) is 13.2.